The zero-order valence-electron chi connectivity index (χ0n) is 13.3. The number of amides is 1. The molecular formula is C19H16N2O4. The van der Waals surface area contributed by atoms with Crippen LogP contribution < -0.4 is 0 Å². The molecule has 0 aliphatic carbocycles. The Labute approximate surface area is 144 Å². The predicted molar refractivity (Wildman–Crippen MR) is 90.8 cm³/mol. The van der Waals surface area contributed by atoms with Crippen LogP contribution in [0.25, 0.3) is 11.3 Å². The van der Waals surface area contributed by atoms with Gasteiger partial charge in [0.25, 0.3) is 5.91 Å². The summed E-state index contributed by atoms with van der Waals surface area (Å²) in [6.07, 6.45) is 1.60. The molecule has 3 aromatic rings. The van der Waals surface area contributed by atoms with Gasteiger partial charge < -0.3 is 14.4 Å². The predicted octanol–water partition coefficient (Wildman–Crippen LogP) is 3.07. The molecular weight excluding hydrogens is 320 g/mol. The maximum Gasteiger partial charge on any atom is 0.323 e. The van der Waals surface area contributed by atoms with Crippen LogP contribution >= 0.6 is 0 Å². The molecule has 0 fully saturated rings. The van der Waals surface area contributed by atoms with Gasteiger partial charge in [0, 0.05) is 11.8 Å². The highest BCUT2D eigenvalue weighted by molar-refractivity contribution is 5.93. The van der Waals surface area contributed by atoms with Gasteiger partial charge in [-0.05, 0) is 24.3 Å². The molecule has 0 spiro atoms. The van der Waals surface area contributed by atoms with Gasteiger partial charge in [-0.15, -0.1) is 0 Å². The van der Waals surface area contributed by atoms with Crippen LogP contribution in [0.5, 0.6) is 0 Å². The third-order valence-electron chi connectivity index (χ3n) is 3.57. The quantitative estimate of drug-likeness (QED) is 0.748. The number of carbonyl (C=O) groups is 2. The van der Waals surface area contributed by atoms with Gasteiger partial charge in [-0.25, -0.2) is 0 Å². The van der Waals surface area contributed by atoms with Crippen molar-refractivity contribution in [1.82, 2.24) is 9.88 Å². The first-order chi connectivity index (χ1) is 12.1. The van der Waals surface area contributed by atoms with E-state index in [1.54, 1.807) is 36.5 Å². The maximum atomic E-state index is 12.7. The van der Waals surface area contributed by atoms with Crippen LogP contribution in [0.1, 0.15) is 16.2 Å². The molecule has 0 aliphatic rings. The lowest BCUT2D eigenvalue weighted by molar-refractivity contribution is -0.137. The molecule has 6 heteroatoms. The Balaban J connectivity index is 1.82. The van der Waals surface area contributed by atoms with Gasteiger partial charge in [0.15, 0.2) is 5.76 Å². The number of carboxylic acids is 1. The third kappa shape index (κ3) is 4.11. The fourth-order valence-electron chi connectivity index (χ4n) is 2.42. The summed E-state index contributed by atoms with van der Waals surface area (Å²) in [6.45, 7) is -0.343. The number of rotatable bonds is 6. The van der Waals surface area contributed by atoms with Crippen molar-refractivity contribution in [3.8, 4) is 11.3 Å². The molecule has 25 heavy (non-hydrogen) atoms. The third-order valence-corrected chi connectivity index (χ3v) is 3.57. The van der Waals surface area contributed by atoms with Crippen LogP contribution in [0.2, 0.25) is 0 Å². The molecule has 126 valence electrons. The molecule has 0 atom stereocenters. The summed E-state index contributed by atoms with van der Waals surface area (Å²) in [7, 11) is 0. The monoisotopic (exact) mass is 336 g/mol. The molecule has 0 bridgehead atoms. The van der Waals surface area contributed by atoms with E-state index in [2.05, 4.69) is 4.98 Å². The highest BCUT2D eigenvalue weighted by atomic mass is 16.4. The summed E-state index contributed by atoms with van der Waals surface area (Å²) in [5, 5.41) is 9.10. The maximum absolute atomic E-state index is 12.7. The lowest BCUT2D eigenvalue weighted by atomic mass is 10.2. The zero-order chi connectivity index (χ0) is 17.6. The van der Waals surface area contributed by atoms with Gasteiger partial charge in [0.1, 0.15) is 12.3 Å². The van der Waals surface area contributed by atoms with Crippen LogP contribution in [-0.2, 0) is 11.3 Å². The number of hydrogen-bond donors (Lipinski definition) is 1. The van der Waals surface area contributed by atoms with E-state index in [1.807, 2.05) is 30.3 Å². The standard InChI is InChI=1S/C19H16N2O4/c22-18(23)13-21(12-15-8-4-5-11-20-15)19(24)17-10-9-16(25-17)14-6-2-1-3-7-14/h1-11H,12-13H2,(H,22,23). The number of hydrogen-bond acceptors (Lipinski definition) is 4. The Morgan fingerprint density at radius 1 is 1.00 bits per heavy atom. The highest BCUT2D eigenvalue weighted by Gasteiger charge is 2.22. The lowest BCUT2D eigenvalue weighted by Gasteiger charge is -2.19. The second-order valence-electron chi connectivity index (χ2n) is 5.41. The van der Waals surface area contributed by atoms with Crippen molar-refractivity contribution in [3.05, 3.63) is 78.3 Å². The van der Waals surface area contributed by atoms with Crippen molar-refractivity contribution >= 4 is 11.9 Å². The van der Waals surface area contributed by atoms with Crippen LogP contribution in [-0.4, -0.2) is 33.4 Å². The van der Waals surface area contributed by atoms with E-state index in [4.69, 9.17) is 9.52 Å². The van der Waals surface area contributed by atoms with Gasteiger partial charge in [0.2, 0.25) is 0 Å². The van der Waals surface area contributed by atoms with Gasteiger partial charge in [0.05, 0.1) is 12.2 Å². The van der Waals surface area contributed by atoms with E-state index in [9.17, 15) is 9.59 Å². The minimum atomic E-state index is -1.10. The van der Waals surface area contributed by atoms with Crippen LogP contribution in [0.15, 0.2) is 71.3 Å². The molecule has 1 N–H and O–H groups in total. The number of furan rings is 1. The summed E-state index contributed by atoms with van der Waals surface area (Å²) in [5.41, 5.74) is 1.45. The molecule has 3 rings (SSSR count). The van der Waals surface area contributed by atoms with Crippen molar-refractivity contribution in [2.45, 2.75) is 6.54 Å². The van der Waals surface area contributed by atoms with Crippen molar-refractivity contribution in [1.29, 1.82) is 0 Å². The van der Waals surface area contributed by atoms with Crippen molar-refractivity contribution in [3.63, 3.8) is 0 Å². The first kappa shape index (κ1) is 16.4. The van der Waals surface area contributed by atoms with E-state index in [0.717, 1.165) is 5.56 Å². The van der Waals surface area contributed by atoms with Gasteiger partial charge in [-0.2, -0.15) is 0 Å². The Morgan fingerprint density at radius 3 is 2.44 bits per heavy atom. The minimum absolute atomic E-state index is 0.0906. The number of carboxylic acid groups (broad SMARTS) is 1. The molecule has 0 saturated heterocycles. The number of carbonyl (C=O) groups excluding carboxylic acids is 1. The number of benzene rings is 1. The summed E-state index contributed by atoms with van der Waals surface area (Å²) < 4.78 is 5.63. The first-order valence-corrected chi connectivity index (χ1v) is 7.70. The minimum Gasteiger partial charge on any atom is -0.480 e. The molecule has 0 saturated carbocycles. The Bertz CT molecular complexity index is 859. The summed E-state index contributed by atoms with van der Waals surface area (Å²) >= 11 is 0. The molecule has 0 aliphatic heterocycles. The topological polar surface area (TPSA) is 83.6 Å². The number of nitrogens with zero attached hydrogens (tertiary/aromatic N) is 2. The normalized spacial score (nSPS) is 10.4. The lowest BCUT2D eigenvalue weighted by Crippen LogP contribution is -2.35. The molecule has 0 unspecified atom stereocenters. The summed E-state index contributed by atoms with van der Waals surface area (Å²) in [4.78, 5) is 29.1. The average Bonchev–Trinajstić information content (AvgIpc) is 3.12. The molecule has 2 heterocycles. The van der Waals surface area contributed by atoms with Gasteiger partial charge in [-0.3, -0.25) is 14.6 Å². The van der Waals surface area contributed by atoms with Crippen LogP contribution in [0.4, 0.5) is 0 Å². The Morgan fingerprint density at radius 2 is 1.76 bits per heavy atom. The fourth-order valence-corrected chi connectivity index (χ4v) is 2.42. The van der Waals surface area contributed by atoms with E-state index in [1.165, 1.54) is 4.90 Å². The second-order valence-corrected chi connectivity index (χ2v) is 5.41. The van der Waals surface area contributed by atoms with Crippen LogP contribution in [0, 0.1) is 0 Å². The zero-order valence-corrected chi connectivity index (χ0v) is 13.3. The van der Waals surface area contributed by atoms with Gasteiger partial charge in [-0.1, -0.05) is 36.4 Å². The van der Waals surface area contributed by atoms with Crippen molar-refractivity contribution in [2.75, 3.05) is 6.54 Å². The number of aromatic nitrogens is 1. The summed E-state index contributed by atoms with van der Waals surface area (Å²) in [6, 6.07) is 17.9. The fraction of sp³-hybridized carbons (Fsp3) is 0.105. The van der Waals surface area contributed by atoms with E-state index < -0.39 is 18.4 Å². The highest BCUT2D eigenvalue weighted by Crippen LogP contribution is 2.22. The number of pyridine rings is 1. The summed E-state index contributed by atoms with van der Waals surface area (Å²) in [5.74, 6) is -0.942. The Hall–Kier alpha value is -3.41. The van der Waals surface area contributed by atoms with Gasteiger partial charge >= 0.3 is 5.97 Å². The van der Waals surface area contributed by atoms with E-state index in [-0.39, 0.29) is 12.3 Å². The van der Waals surface area contributed by atoms with Crippen LogP contribution in [0.3, 0.4) is 0 Å². The van der Waals surface area contributed by atoms with Crippen molar-refractivity contribution < 1.29 is 19.1 Å². The number of aliphatic carboxylic acids is 1. The molecule has 1 amide bonds. The molecule has 6 nitrogen and oxygen atoms in total. The Kier molecular flexibility index (Phi) is 4.89. The van der Waals surface area contributed by atoms with E-state index in [0.29, 0.717) is 11.5 Å². The first-order valence-electron chi connectivity index (χ1n) is 7.70. The largest absolute Gasteiger partial charge is 0.480 e. The SMILES string of the molecule is O=C(O)CN(Cc1ccccn1)C(=O)c1ccc(-c2ccccc2)o1. The smallest absolute Gasteiger partial charge is 0.323 e. The average molecular weight is 336 g/mol. The molecule has 1 aromatic carbocycles. The molecule has 2 aromatic heterocycles. The second kappa shape index (κ2) is 7.44. The van der Waals surface area contributed by atoms with Crippen molar-refractivity contribution in [2.24, 2.45) is 0 Å². The molecule has 0 radical (unpaired) electrons. The van der Waals surface area contributed by atoms with E-state index >= 15 is 0 Å².